The molecule has 32 heavy (non-hydrogen) atoms. The molecule has 0 unspecified atom stereocenters. The van der Waals surface area contributed by atoms with Crippen molar-refractivity contribution in [1.29, 1.82) is 0 Å². The molecule has 7 nitrogen and oxygen atoms in total. The number of rotatable bonds is 10. The quantitative estimate of drug-likeness (QED) is 0.230. The molecule has 0 bridgehead atoms. The molecule has 4 rings (SSSR count). The molecular weight excluding hydrogens is 420 g/mol. The number of ether oxygens (including phenoxy) is 1. The molecule has 0 saturated heterocycles. The van der Waals surface area contributed by atoms with Crippen LogP contribution in [-0.2, 0) is 5.75 Å². The third-order valence-electron chi connectivity index (χ3n) is 4.76. The summed E-state index contributed by atoms with van der Waals surface area (Å²) in [5.41, 5.74) is 4.37. The van der Waals surface area contributed by atoms with Crippen molar-refractivity contribution in [2.24, 2.45) is 0 Å². The van der Waals surface area contributed by atoms with E-state index >= 15 is 0 Å². The fourth-order valence-corrected chi connectivity index (χ4v) is 3.93. The fraction of sp³-hybridized carbons (Fsp3) is 0.250. The predicted molar refractivity (Wildman–Crippen MR) is 133 cm³/mol. The van der Waals surface area contributed by atoms with Gasteiger partial charge < -0.3 is 19.9 Å². The smallest absolute Gasteiger partial charge is 0.230 e. The van der Waals surface area contributed by atoms with E-state index in [1.807, 2.05) is 37.3 Å². The number of hydrogen-bond acceptors (Lipinski definition) is 7. The Morgan fingerprint density at radius 3 is 2.88 bits per heavy atom. The predicted octanol–water partition coefficient (Wildman–Crippen LogP) is 5.10. The van der Waals surface area contributed by atoms with Crippen LogP contribution in [0.5, 0.6) is 11.6 Å². The maximum absolute atomic E-state index is 5.97. The van der Waals surface area contributed by atoms with E-state index in [4.69, 9.17) is 4.74 Å². The number of likely N-dealkylation sites (N-methyl/N-ethyl adjacent to an activating group) is 1. The summed E-state index contributed by atoms with van der Waals surface area (Å²) in [5.74, 6) is 2.61. The first-order valence-corrected chi connectivity index (χ1v) is 11.5. The number of anilines is 2. The van der Waals surface area contributed by atoms with Crippen LogP contribution in [0.3, 0.4) is 0 Å². The molecule has 2 aromatic carbocycles. The van der Waals surface area contributed by atoms with Gasteiger partial charge in [0.2, 0.25) is 11.8 Å². The van der Waals surface area contributed by atoms with Gasteiger partial charge in [-0.25, -0.2) is 4.98 Å². The van der Waals surface area contributed by atoms with Crippen molar-refractivity contribution in [3.8, 4) is 11.6 Å². The molecule has 0 atom stereocenters. The first-order valence-electron chi connectivity index (χ1n) is 10.5. The Kier molecular flexibility index (Phi) is 7.26. The van der Waals surface area contributed by atoms with Gasteiger partial charge in [0.15, 0.2) is 0 Å². The summed E-state index contributed by atoms with van der Waals surface area (Å²) >= 11 is 1.71. The Morgan fingerprint density at radius 1 is 1.09 bits per heavy atom. The second kappa shape index (κ2) is 10.5. The summed E-state index contributed by atoms with van der Waals surface area (Å²) in [6.45, 7) is 4.01. The summed E-state index contributed by atoms with van der Waals surface area (Å²) in [7, 11) is 4.15. The van der Waals surface area contributed by atoms with Crippen LogP contribution in [0.15, 0.2) is 60.8 Å². The van der Waals surface area contributed by atoms with Gasteiger partial charge in [0.25, 0.3) is 0 Å². The van der Waals surface area contributed by atoms with Crippen LogP contribution in [-0.4, -0.2) is 47.0 Å². The number of aromatic amines is 1. The van der Waals surface area contributed by atoms with Gasteiger partial charge in [0.1, 0.15) is 5.75 Å². The fourth-order valence-electron chi connectivity index (χ4n) is 3.24. The number of fused-ring (bicyclic) bond motifs is 1. The normalized spacial score (nSPS) is 11.2. The molecule has 0 amide bonds. The van der Waals surface area contributed by atoms with Crippen molar-refractivity contribution in [2.75, 3.05) is 32.5 Å². The van der Waals surface area contributed by atoms with E-state index in [-0.39, 0.29) is 0 Å². The molecule has 4 aromatic rings. The molecule has 0 radical (unpaired) electrons. The zero-order valence-corrected chi connectivity index (χ0v) is 19.4. The van der Waals surface area contributed by atoms with Crippen LogP contribution < -0.4 is 14.8 Å². The Hall–Kier alpha value is -3.07. The molecule has 0 spiro atoms. The minimum absolute atomic E-state index is 0.492. The molecule has 2 aromatic heterocycles. The second-order valence-corrected chi connectivity index (χ2v) is 8.70. The van der Waals surface area contributed by atoms with Gasteiger partial charge >= 0.3 is 0 Å². The monoisotopic (exact) mass is 448 g/mol. The Morgan fingerprint density at radius 2 is 2.00 bits per heavy atom. The van der Waals surface area contributed by atoms with E-state index in [2.05, 4.69) is 62.2 Å². The third-order valence-corrected chi connectivity index (χ3v) is 5.65. The van der Waals surface area contributed by atoms with Crippen LogP contribution in [0.2, 0.25) is 0 Å². The highest BCUT2D eigenvalue weighted by atomic mass is 32.2. The Balaban J connectivity index is 1.37. The summed E-state index contributed by atoms with van der Waals surface area (Å²) < 4.78 is 9.36. The van der Waals surface area contributed by atoms with Crippen molar-refractivity contribution in [3.05, 3.63) is 72.1 Å². The van der Waals surface area contributed by atoms with Crippen molar-refractivity contribution in [3.63, 3.8) is 0 Å². The first-order chi connectivity index (χ1) is 15.5. The second-order valence-electron chi connectivity index (χ2n) is 7.83. The zero-order chi connectivity index (χ0) is 22.3. The Bertz CT molecular complexity index is 1180. The molecule has 2 heterocycles. The van der Waals surface area contributed by atoms with E-state index < -0.39 is 0 Å². The molecule has 166 valence electrons. The van der Waals surface area contributed by atoms with Crippen LogP contribution in [0.25, 0.3) is 10.9 Å². The zero-order valence-electron chi connectivity index (χ0n) is 18.6. The molecule has 0 saturated carbocycles. The largest absolute Gasteiger partial charge is 0.439 e. The van der Waals surface area contributed by atoms with Crippen molar-refractivity contribution >= 4 is 34.5 Å². The lowest BCUT2D eigenvalue weighted by Gasteiger charge is -2.11. The Labute approximate surface area is 192 Å². The highest BCUT2D eigenvalue weighted by Crippen LogP contribution is 2.26. The molecule has 0 fully saturated rings. The minimum atomic E-state index is 0.492. The number of benzene rings is 2. The van der Waals surface area contributed by atoms with E-state index in [0.717, 1.165) is 46.9 Å². The van der Waals surface area contributed by atoms with Crippen molar-refractivity contribution in [1.82, 2.24) is 24.6 Å². The van der Waals surface area contributed by atoms with Crippen molar-refractivity contribution in [2.45, 2.75) is 12.7 Å². The number of H-pyrrole nitrogens is 1. The van der Waals surface area contributed by atoms with Crippen LogP contribution >= 0.6 is 11.9 Å². The summed E-state index contributed by atoms with van der Waals surface area (Å²) in [5, 5.41) is 4.39. The molecule has 0 aliphatic rings. The SMILES string of the molecule is Cc1cc2cc(Oc3ccnc(Nc4cccc(CSNCCN(C)C)c4)n3)ccc2[nH]1. The average Bonchev–Trinajstić information content (AvgIpc) is 3.13. The summed E-state index contributed by atoms with van der Waals surface area (Å²) in [6.07, 6.45) is 1.69. The highest BCUT2D eigenvalue weighted by molar-refractivity contribution is 7.96. The summed E-state index contributed by atoms with van der Waals surface area (Å²) in [4.78, 5) is 14.3. The van der Waals surface area contributed by atoms with Crippen LogP contribution in [0.4, 0.5) is 11.6 Å². The van der Waals surface area contributed by atoms with Gasteiger partial charge in [0, 0.05) is 53.4 Å². The van der Waals surface area contributed by atoms with Gasteiger partial charge in [-0.1, -0.05) is 24.1 Å². The summed E-state index contributed by atoms with van der Waals surface area (Å²) in [6, 6.07) is 18.1. The standard InChI is InChI=1S/C24H28N6OS/c1-17-13-19-15-21(7-8-22(19)27-17)31-23-9-10-25-24(29-23)28-20-6-4-5-18(14-20)16-32-26-11-12-30(2)3/h4-10,13-15,26-27H,11-12,16H2,1-3H3,(H,25,28,29). The lowest BCUT2D eigenvalue weighted by molar-refractivity contribution is 0.415. The first kappa shape index (κ1) is 22.1. The topological polar surface area (TPSA) is 78.1 Å². The number of aromatic nitrogens is 3. The van der Waals surface area contributed by atoms with Gasteiger partial charge in [0.05, 0.1) is 0 Å². The lowest BCUT2D eigenvalue weighted by atomic mass is 10.2. The van der Waals surface area contributed by atoms with Gasteiger partial charge in [-0.2, -0.15) is 4.98 Å². The van der Waals surface area contributed by atoms with Gasteiger partial charge in [-0.15, -0.1) is 0 Å². The van der Waals surface area contributed by atoms with Gasteiger partial charge in [-0.3, -0.25) is 4.72 Å². The number of aryl methyl sites for hydroxylation is 1. The maximum atomic E-state index is 5.97. The highest BCUT2D eigenvalue weighted by Gasteiger charge is 2.06. The molecule has 0 aliphatic heterocycles. The average molecular weight is 449 g/mol. The molecule has 0 aliphatic carbocycles. The van der Waals surface area contributed by atoms with E-state index in [0.29, 0.717) is 11.8 Å². The van der Waals surface area contributed by atoms with Crippen LogP contribution in [0.1, 0.15) is 11.3 Å². The van der Waals surface area contributed by atoms with Gasteiger partial charge in [-0.05, 0) is 63.0 Å². The van der Waals surface area contributed by atoms with Crippen molar-refractivity contribution < 1.29 is 4.74 Å². The maximum Gasteiger partial charge on any atom is 0.230 e. The van der Waals surface area contributed by atoms with E-state index in [1.54, 1.807) is 24.2 Å². The van der Waals surface area contributed by atoms with E-state index in [1.165, 1.54) is 5.56 Å². The lowest BCUT2D eigenvalue weighted by Crippen LogP contribution is -2.22. The van der Waals surface area contributed by atoms with Crippen LogP contribution in [0, 0.1) is 6.92 Å². The molecule has 8 heteroatoms. The number of nitrogens with one attached hydrogen (secondary N) is 3. The third kappa shape index (κ3) is 6.23. The number of hydrogen-bond donors (Lipinski definition) is 3. The minimum Gasteiger partial charge on any atom is -0.439 e. The van der Waals surface area contributed by atoms with E-state index in [9.17, 15) is 0 Å². The molecular formula is C24H28N6OS. The molecule has 3 N–H and O–H groups in total. The number of nitrogens with zero attached hydrogens (tertiary/aromatic N) is 3.